The molecule has 7 heteroatoms. The number of benzene rings is 1. The minimum atomic E-state index is -0.949. The molecule has 1 aromatic carbocycles. The molecule has 0 unspecified atom stereocenters. The van der Waals surface area contributed by atoms with Crippen LogP contribution in [0.1, 0.15) is 16.8 Å². The Morgan fingerprint density at radius 2 is 1.95 bits per heavy atom. The first-order valence-electron chi connectivity index (χ1n) is 6.50. The fourth-order valence-corrected chi connectivity index (χ4v) is 1.70. The highest BCUT2D eigenvalue weighted by atomic mass is 19.1. The summed E-state index contributed by atoms with van der Waals surface area (Å²) < 4.78 is 26.1. The second kappa shape index (κ2) is 7.26. The quantitative estimate of drug-likeness (QED) is 0.889. The first-order valence-corrected chi connectivity index (χ1v) is 6.50. The summed E-state index contributed by atoms with van der Waals surface area (Å²) in [6.07, 6.45) is 1.54. The fourth-order valence-electron chi connectivity index (χ4n) is 1.70. The van der Waals surface area contributed by atoms with Crippen LogP contribution in [-0.2, 0) is 4.79 Å². The highest BCUT2D eigenvalue weighted by Crippen LogP contribution is 2.09. The van der Waals surface area contributed by atoms with Gasteiger partial charge in [0.2, 0.25) is 5.91 Å². The van der Waals surface area contributed by atoms with E-state index < -0.39 is 17.5 Å². The SMILES string of the molecule is O=C(CCNC(=O)c1ccc(F)cc1F)Nc1ccccn1. The smallest absolute Gasteiger partial charge is 0.254 e. The van der Waals surface area contributed by atoms with E-state index in [9.17, 15) is 18.4 Å². The minimum Gasteiger partial charge on any atom is -0.351 e. The number of aromatic nitrogens is 1. The Hall–Kier alpha value is -2.83. The Labute approximate surface area is 125 Å². The Morgan fingerprint density at radius 1 is 1.14 bits per heavy atom. The van der Waals surface area contributed by atoms with Gasteiger partial charge in [0.25, 0.3) is 5.91 Å². The first-order chi connectivity index (χ1) is 10.6. The van der Waals surface area contributed by atoms with Crippen LogP contribution >= 0.6 is 0 Å². The van der Waals surface area contributed by atoms with Gasteiger partial charge in [0.1, 0.15) is 17.5 Å². The predicted octanol–water partition coefficient (Wildman–Crippen LogP) is 2.12. The molecule has 2 N–H and O–H groups in total. The second-order valence-corrected chi connectivity index (χ2v) is 4.39. The number of anilines is 1. The molecule has 1 aromatic heterocycles. The molecule has 0 bridgehead atoms. The molecule has 0 spiro atoms. The molecule has 0 saturated heterocycles. The molecule has 0 aliphatic carbocycles. The lowest BCUT2D eigenvalue weighted by Crippen LogP contribution is -2.28. The van der Waals surface area contributed by atoms with Gasteiger partial charge in [0.15, 0.2) is 0 Å². The van der Waals surface area contributed by atoms with Crippen molar-refractivity contribution < 1.29 is 18.4 Å². The van der Waals surface area contributed by atoms with Gasteiger partial charge >= 0.3 is 0 Å². The minimum absolute atomic E-state index is 0.00509. The summed E-state index contributed by atoms with van der Waals surface area (Å²) in [5.74, 6) is -2.34. The number of hydrogen-bond donors (Lipinski definition) is 2. The summed E-state index contributed by atoms with van der Waals surface area (Å²) in [6.45, 7) is 0.0221. The Kier molecular flexibility index (Phi) is 5.13. The van der Waals surface area contributed by atoms with Crippen LogP contribution in [0.4, 0.5) is 14.6 Å². The van der Waals surface area contributed by atoms with Crippen LogP contribution in [0.2, 0.25) is 0 Å². The van der Waals surface area contributed by atoms with Crippen molar-refractivity contribution in [3.63, 3.8) is 0 Å². The van der Waals surface area contributed by atoms with Crippen LogP contribution in [0.3, 0.4) is 0 Å². The molecular weight excluding hydrogens is 292 g/mol. The number of amides is 2. The van der Waals surface area contributed by atoms with E-state index in [0.717, 1.165) is 12.1 Å². The van der Waals surface area contributed by atoms with Crippen LogP contribution in [0, 0.1) is 11.6 Å². The Morgan fingerprint density at radius 3 is 2.64 bits per heavy atom. The number of carbonyl (C=O) groups is 2. The number of pyridine rings is 1. The molecule has 22 heavy (non-hydrogen) atoms. The van der Waals surface area contributed by atoms with Gasteiger partial charge in [0, 0.05) is 25.2 Å². The van der Waals surface area contributed by atoms with Gasteiger partial charge in [-0.1, -0.05) is 6.07 Å². The summed E-state index contributed by atoms with van der Waals surface area (Å²) in [6, 6.07) is 7.74. The maximum absolute atomic E-state index is 13.4. The number of nitrogens with one attached hydrogen (secondary N) is 2. The van der Waals surface area contributed by atoms with Crippen molar-refractivity contribution in [3.05, 3.63) is 59.8 Å². The number of carbonyl (C=O) groups excluding carboxylic acids is 2. The summed E-state index contributed by atoms with van der Waals surface area (Å²) in [5, 5.41) is 4.94. The molecule has 0 radical (unpaired) electrons. The van der Waals surface area contributed by atoms with E-state index in [4.69, 9.17) is 0 Å². The Bertz CT molecular complexity index is 678. The van der Waals surface area contributed by atoms with Crippen molar-refractivity contribution in [3.8, 4) is 0 Å². The third kappa shape index (κ3) is 4.34. The molecule has 114 valence electrons. The highest BCUT2D eigenvalue weighted by Gasteiger charge is 2.12. The molecule has 2 amide bonds. The molecule has 2 rings (SSSR count). The second-order valence-electron chi connectivity index (χ2n) is 4.39. The van der Waals surface area contributed by atoms with Gasteiger partial charge in [-0.2, -0.15) is 0 Å². The fraction of sp³-hybridized carbons (Fsp3) is 0.133. The van der Waals surface area contributed by atoms with Gasteiger partial charge < -0.3 is 10.6 Å². The molecule has 0 saturated carbocycles. The summed E-state index contributed by atoms with van der Waals surface area (Å²) in [4.78, 5) is 27.2. The lowest BCUT2D eigenvalue weighted by molar-refractivity contribution is -0.116. The van der Waals surface area contributed by atoms with E-state index in [1.165, 1.54) is 6.20 Å². The zero-order valence-corrected chi connectivity index (χ0v) is 11.5. The van der Waals surface area contributed by atoms with Gasteiger partial charge in [-0.3, -0.25) is 9.59 Å². The third-order valence-corrected chi connectivity index (χ3v) is 2.75. The van der Waals surface area contributed by atoms with Gasteiger partial charge in [0.05, 0.1) is 5.56 Å². The summed E-state index contributed by atoms with van der Waals surface area (Å²) >= 11 is 0. The number of nitrogens with zero attached hydrogens (tertiary/aromatic N) is 1. The summed E-state index contributed by atoms with van der Waals surface area (Å²) in [7, 11) is 0. The molecule has 2 aromatic rings. The zero-order chi connectivity index (χ0) is 15.9. The predicted molar refractivity (Wildman–Crippen MR) is 76.2 cm³/mol. The number of halogens is 2. The van der Waals surface area contributed by atoms with Gasteiger partial charge in [-0.15, -0.1) is 0 Å². The van der Waals surface area contributed by atoms with Crippen molar-refractivity contribution in [2.45, 2.75) is 6.42 Å². The molecule has 1 heterocycles. The number of rotatable bonds is 5. The average Bonchev–Trinajstić information content (AvgIpc) is 2.48. The van der Waals surface area contributed by atoms with E-state index in [1.54, 1.807) is 18.2 Å². The molecule has 0 fully saturated rings. The average molecular weight is 305 g/mol. The zero-order valence-electron chi connectivity index (χ0n) is 11.5. The van der Waals surface area contributed by atoms with E-state index in [0.29, 0.717) is 11.9 Å². The lowest BCUT2D eigenvalue weighted by Gasteiger charge is -2.07. The Balaban J connectivity index is 1.80. The topological polar surface area (TPSA) is 71.1 Å². The molecule has 0 atom stereocenters. The highest BCUT2D eigenvalue weighted by molar-refractivity contribution is 5.95. The van der Waals surface area contributed by atoms with Crippen LogP contribution in [0.25, 0.3) is 0 Å². The first kappa shape index (κ1) is 15.6. The van der Waals surface area contributed by atoms with E-state index >= 15 is 0 Å². The van der Waals surface area contributed by atoms with Crippen molar-refractivity contribution in [2.75, 3.05) is 11.9 Å². The van der Waals surface area contributed by atoms with E-state index in [1.807, 2.05) is 0 Å². The van der Waals surface area contributed by atoms with Crippen LogP contribution in [-0.4, -0.2) is 23.3 Å². The van der Waals surface area contributed by atoms with Crippen molar-refractivity contribution in [2.24, 2.45) is 0 Å². The molecule has 0 aliphatic rings. The monoisotopic (exact) mass is 305 g/mol. The van der Waals surface area contributed by atoms with Crippen molar-refractivity contribution in [1.82, 2.24) is 10.3 Å². The van der Waals surface area contributed by atoms with Crippen LogP contribution in [0.15, 0.2) is 42.6 Å². The molecule has 0 aliphatic heterocycles. The van der Waals surface area contributed by atoms with Crippen LogP contribution < -0.4 is 10.6 Å². The lowest BCUT2D eigenvalue weighted by atomic mass is 10.2. The normalized spacial score (nSPS) is 10.1. The number of hydrogen-bond acceptors (Lipinski definition) is 3. The maximum Gasteiger partial charge on any atom is 0.254 e. The molecule has 5 nitrogen and oxygen atoms in total. The van der Waals surface area contributed by atoms with Crippen molar-refractivity contribution in [1.29, 1.82) is 0 Å². The summed E-state index contributed by atoms with van der Waals surface area (Å²) in [5.41, 5.74) is -0.272. The van der Waals surface area contributed by atoms with E-state index in [2.05, 4.69) is 15.6 Å². The van der Waals surface area contributed by atoms with Gasteiger partial charge in [-0.25, -0.2) is 13.8 Å². The van der Waals surface area contributed by atoms with Gasteiger partial charge in [-0.05, 0) is 24.3 Å². The van der Waals surface area contributed by atoms with E-state index in [-0.39, 0.29) is 24.4 Å². The van der Waals surface area contributed by atoms with Crippen molar-refractivity contribution >= 4 is 17.6 Å². The largest absolute Gasteiger partial charge is 0.351 e. The standard InChI is InChI=1S/C15H13F2N3O2/c16-10-4-5-11(12(17)9-10)15(22)19-8-6-14(21)20-13-3-1-2-7-18-13/h1-5,7,9H,6,8H2,(H,19,22)(H,18,20,21). The maximum atomic E-state index is 13.4. The van der Waals surface area contributed by atoms with Crippen LogP contribution in [0.5, 0.6) is 0 Å². The third-order valence-electron chi connectivity index (χ3n) is 2.75. The molecular formula is C15H13F2N3O2.